The fraction of sp³-hybridized carbons (Fsp3) is 0.250. The summed E-state index contributed by atoms with van der Waals surface area (Å²) in [6.45, 7) is 0. The molecule has 0 spiro atoms. The molecule has 0 radical (unpaired) electrons. The van der Waals surface area contributed by atoms with Gasteiger partial charge in [0.15, 0.2) is 11.5 Å². The number of allylic oxidation sites excluding steroid dienone is 2. The molecule has 0 bridgehead atoms. The van der Waals surface area contributed by atoms with Gasteiger partial charge in [-0.15, -0.1) is 0 Å². The maximum Gasteiger partial charge on any atom is 0.161 e. The molecule has 2 rings (SSSR count). The van der Waals surface area contributed by atoms with Crippen molar-refractivity contribution >= 4 is 11.9 Å². The Balaban J connectivity index is 2.34. The van der Waals surface area contributed by atoms with Gasteiger partial charge >= 0.3 is 0 Å². The van der Waals surface area contributed by atoms with Gasteiger partial charge < -0.3 is 18.9 Å². The lowest BCUT2D eigenvalue weighted by atomic mass is 10.0. The number of hydrogen-bond donors (Lipinski definition) is 0. The number of methoxy groups -OCH3 is 4. The van der Waals surface area contributed by atoms with Gasteiger partial charge in [-0.25, -0.2) is 0 Å². The highest BCUT2D eigenvalue weighted by Gasteiger charge is 2.09. The van der Waals surface area contributed by atoms with Gasteiger partial charge in [0.25, 0.3) is 0 Å². The number of rotatable bonds is 8. The lowest BCUT2D eigenvalue weighted by Crippen LogP contribution is -1.95. The Labute approximate surface area is 147 Å². The van der Waals surface area contributed by atoms with Crippen LogP contribution in [0.1, 0.15) is 11.1 Å². The Hall–Kier alpha value is -2.95. The van der Waals surface area contributed by atoms with Crippen LogP contribution in [-0.4, -0.2) is 34.7 Å². The Kier molecular flexibility index (Phi) is 6.46. The summed E-state index contributed by atoms with van der Waals surface area (Å²) in [7, 11) is 6.36. The topological polar surface area (TPSA) is 54.0 Å². The van der Waals surface area contributed by atoms with Gasteiger partial charge in [-0.05, 0) is 42.3 Å². The van der Waals surface area contributed by atoms with E-state index in [-0.39, 0.29) is 0 Å². The van der Waals surface area contributed by atoms with Crippen molar-refractivity contribution in [1.82, 2.24) is 0 Å². The number of hydrogen-bond acceptors (Lipinski definition) is 5. The molecule has 0 aliphatic rings. The first-order chi connectivity index (χ1) is 12.2. The van der Waals surface area contributed by atoms with Crippen molar-refractivity contribution in [3.8, 4) is 23.0 Å². The third-order valence-electron chi connectivity index (χ3n) is 3.87. The molecule has 0 N–H and O–H groups in total. The normalized spacial score (nSPS) is 11.0. The molecule has 0 saturated carbocycles. The highest BCUT2D eigenvalue weighted by Crippen LogP contribution is 2.30. The Morgan fingerprint density at radius 1 is 0.840 bits per heavy atom. The summed E-state index contributed by atoms with van der Waals surface area (Å²) < 4.78 is 21.1. The van der Waals surface area contributed by atoms with Gasteiger partial charge in [0.2, 0.25) is 0 Å². The number of benzene rings is 2. The van der Waals surface area contributed by atoms with Crippen LogP contribution in [-0.2, 0) is 11.2 Å². The van der Waals surface area contributed by atoms with Crippen LogP contribution in [0.15, 0.2) is 42.5 Å². The SMILES string of the molecule is COc1ccc(OC)c(C/C=C(/C=O)c2ccc(OC)c(OC)c2)c1. The maximum atomic E-state index is 11.6. The summed E-state index contributed by atoms with van der Waals surface area (Å²) in [5.41, 5.74) is 2.25. The molecule has 132 valence electrons. The van der Waals surface area contributed by atoms with Crippen molar-refractivity contribution in [2.24, 2.45) is 0 Å². The van der Waals surface area contributed by atoms with E-state index in [4.69, 9.17) is 18.9 Å². The van der Waals surface area contributed by atoms with Crippen molar-refractivity contribution in [2.45, 2.75) is 6.42 Å². The number of aldehydes is 1. The zero-order chi connectivity index (χ0) is 18.2. The predicted molar refractivity (Wildman–Crippen MR) is 96.8 cm³/mol. The Morgan fingerprint density at radius 2 is 1.52 bits per heavy atom. The molecular formula is C20H22O5. The molecule has 5 nitrogen and oxygen atoms in total. The van der Waals surface area contributed by atoms with Crippen molar-refractivity contribution in [1.29, 1.82) is 0 Å². The molecule has 25 heavy (non-hydrogen) atoms. The van der Waals surface area contributed by atoms with Crippen LogP contribution >= 0.6 is 0 Å². The number of ether oxygens (including phenoxy) is 4. The fourth-order valence-electron chi connectivity index (χ4n) is 2.51. The highest BCUT2D eigenvalue weighted by atomic mass is 16.5. The number of carbonyl (C=O) groups is 1. The van der Waals surface area contributed by atoms with E-state index in [0.717, 1.165) is 28.9 Å². The van der Waals surface area contributed by atoms with E-state index in [9.17, 15) is 4.79 Å². The minimum atomic E-state index is 0.531. The quantitative estimate of drug-likeness (QED) is 0.542. The Bertz CT molecular complexity index is 765. The summed E-state index contributed by atoms with van der Waals surface area (Å²) in [6, 6.07) is 11.0. The van der Waals surface area contributed by atoms with E-state index in [1.807, 2.05) is 30.3 Å². The first-order valence-electron chi connectivity index (χ1n) is 7.75. The van der Waals surface area contributed by atoms with E-state index in [1.54, 1.807) is 40.6 Å². The molecule has 0 heterocycles. The lowest BCUT2D eigenvalue weighted by Gasteiger charge is -2.11. The number of carbonyl (C=O) groups excluding carboxylic acids is 1. The molecule has 0 amide bonds. The van der Waals surface area contributed by atoms with Crippen LogP contribution < -0.4 is 18.9 Å². The molecule has 0 unspecified atom stereocenters. The second-order valence-corrected chi connectivity index (χ2v) is 5.23. The standard InChI is InChI=1S/C20H22O5/c1-22-17-8-10-18(23-2)15(11-17)5-6-16(13-21)14-7-9-19(24-3)20(12-14)25-4/h6-13H,5H2,1-4H3/b16-6-. The molecule has 5 heteroatoms. The minimum Gasteiger partial charge on any atom is -0.497 e. The second kappa shape index (κ2) is 8.78. The smallest absolute Gasteiger partial charge is 0.161 e. The third-order valence-corrected chi connectivity index (χ3v) is 3.87. The van der Waals surface area contributed by atoms with E-state index in [2.05, 4.69) is 0 Å². The molecule has 0 saturated heterocycles. The summed E-state index contributed by atoms with van der Waals surface area (Å²) in [4.78, 5) is 11.6. The molecule has 0 aliphatic heterocycles. The maximum absolute atomic E-state index is 11.6. The van der Waals surface area contributed by atoms with Crippen molar-refractivity contribution in [3.05, 3.63) is 53.6 Å². The average molecular weight is 342 g/mol. The van der Waals surface area contributed by atoms with Gasteiger partial charge in [-0.2, -0.15) is 0 Å². The van der Waals surface area contributed by atoms with Crippen molar-refractivity contribution < 1.29 is 23.7 Å². The summed E-state index contributed by atoms with van der Waals surface area (Å²) >= 11 is 0. The van der Waals surface area contributed by atoms with Gasteiger partial charge in [-0.3, -0.25) is 4.79 Å². The van der Waals surface area contributed by atoms with Crippen LogP contribution in [0, 0.1) is 0 Å². The highest BCUT2D eigenvalue weighted by molar-refractivity contribution is 6.07. The third kappa shape index (κ3) is 4.32. The molecule has 0 atom stereocenters. The monoisotopic (exact) mass is 342 g/mol. The molecule has 2 aromatic carbocycles. The first-order valence-corrected chi connectivity index (χ1v) is 7.75. The molecule has 2 aromatic rings. The van der Waals surface area contributed by atoms with E-state index in [0.29, 0.717) is 23.5 Å². The van der Waals surface area contributed by atoms with Gasteiger partial charge in [0.05, 0.1) is 28.4 Å². The molecule has 0 aromatic heterocycles. The zero-order valence-electron chi connectivity index (χ0n) is 14.9. The van der Waals surface area contributed by atoms with Crippen LogP contribution in [0.3, 0.4) is 0 Å². The van der Waals surface area contributed by atoms with E-state index >= 15 is 0 Å². The van der Waals surface area contributed by atoms with Gasteiger partial charge in [-0.1, -0.05) is 12.1 Å². The van der Waals surface area contributed by atoms with Gasteiger partial charge in [0.1, 0.15) is 17.8 Å². The fourth-order valence-corrected chi connectivity index (χ4v) is 2.51. The second-order valence-electron chi connectivity index (χ2n) is 5.23. The zero-order valence-corrected chi connectivity index (χ0v) is 14.9. The summed E-state index contributed by atoms with van der Waals surface area (Å²) in [5.74, 6) is 2.68. The molecule has 0 fully saturated rings. The Morgan fingerprint density at radius 3 is 2.12 bits per heavy atom. The largest absolute Gasteiger partial charge is 0.497 e. The molecule has 0 aliphatic carbocycles. The average Bonchev–Trinajstić information content (AvgIpc) is 2.67. The lowest BCUT2D eigenvalue weighted by molar-refractivity contribution is -0.103. The van der Waals surface area contributed by atoms with E-state index in [1.165, 1.54) is 0 Å². The minimum absolute atomic E-state index is 0.531. The molecular weight excluding hydrogens is 320 g/mol. The predicted octanol–water partition coefficient (Wildman–Crippen LogP) is 3.55. The van der Waals surface area contributed by atoms with Crippen LogP contribution in [0.5, 0.6) is 23.0 Å². The van der Waals surface area contributed by atoms with Crippen LogP contribution in [0.25, 0.3) is 5.57 Å². The van der Waals surface area contributed by atoms with Crippen LogP contribution in [0.2, 0.25) is 0 Å². The first kappa shape index (κ1) is 18.4. The van der Waals surface area contributed by atoms with Crippen LogP contribution in [0.4, 0.5) is 0 Å². The van der Waals surface area contributed by atoms with E-state index < -0.39 is 0 Å². The summed E-state index contributed by atoms with van der Waals surface area (Å²) in [5, 5.41) is 0. The van der Waals surface area contributed by atoms with Gasteiger partial charge in [0, 0.05) is 11.1 Å². The van der Waals surface area contributed by atoms with Crippen molar-refractivity contribution in [2.75, 3.05) is 28.4 Å². The summed E-state index contributed by atoms with van der Waals surface area (Å²) in [6.07, 6.45) is 3.21. The van der Waals surface area contributed by atoms with Crippen molar-refractivity contribution in [3.63, 3.8) is 0 Å².